The molecule has 0 aliphatic carbocycles. The number of hydrogen-bond acceptors (Lipinski definition) is 3. The van der Waals surface area contributed by atoms with Gasteiger partial charge in [0.05, 0.1) is 0 Å². The summed E-state index contributed by atoms with van der Waals surface area (Å²) in [6, 6.07) is 0.694. The Hall–Kier alpha value is -0.610. The molecule has 0 aromatic carbocycles. The van der Waals surface area contributed by atoms with Crippen LogP contribution in [-0.4, -0.2) is 72.5 Å². The number of likely N-dealkylation sites (tertiary alicyclic amines) is 1. The number of amides is 1. The average Bonchev–Trinajstić information content (AvgIpc) is 2.58. The molecule has 2 aliphatic heterocycles. The molecule has 136 valence electrons. The fourth-order valence-electron chi connectivity index (χ4n) is 3.57. The standard InChI is InChI=1S/C17H33N3O.C2H6/c1-4-5-17(21)20-12-10-18(11-13-20)14-16-6-8-19(9-7-16)15(2)3;1-2/h15-16H,4-14H2,1-3H3;1-2H3. The van der Waals surface area contributed by atoms with Crippen LogP contribution in [0, 0.1) is 5.92 Å². The van der Waals surface area contributed by atoms with Gasteiger partial charge in [-0.05, 0) is 52.1 Å². The van der Waals surface area contributed by atoms with Gasteiger partial charge in [-0.3, -0.25) is 9.69 Å². The van der Waals surface area contributed by atoms with Crippen LogP contribution < -0.4 is 0 Å². The molecule has 0 unspecified atom stereocenters. The Morgan fingerprint density at radius 2 is 1.57 bits per heavy atom. The molecule has 2 heterocycles. The van der Waals surface area contributed by atoms with Crippen molar-refractivity contribution in [1.82, 2.24) is 14.7 Å². The lowest BCUT2D eigenvalue weighted by Crippen LogP contribution is -2.50. The van der Waals surface area contributed by atoms with Gasteiger partial charge in [-0.2, -0.15) is 0 Å². The maximum absolute atomic E-state index is 11.9. The van der Waals surface area contributed by atoms with Crippen molar-refractivity contribution in [3.8, 4) is 0 Å². The molecule has 2 saturated heterocycles. The van der Waals surface area contributed by atoms with Crippen molar-refractivity contribution in [3.63, 3.8) is 0 Å². The first-order chi connectivity index (χ1) is 11.1. The Balaban J connectivity index is 0.00000127. The van der Waals surface area contributed by atoms with E-state index in [4.69, 9.17) is 0 Å². The minimum absolute atomic E-state index is 0.349. The quantitative estimate of drug-likeness (QED) is 0.777. The lowest BCUT2D eigenvalue weighted by Gasteiger charge is -2.39. The van der Waals surface area contributed by atoms with Crippen LogP contribution in [0.5, 0.6) is 0 Å². The molecule has 0 bridgehead atoms. The summed E-state index contributed by atoms with van der Waals surface area (Å²) in [5.74, 6) is 1.21. The van der Waals surface area contributed by atoms with Crippen LogP contribution in [0.4, 0.5) is 0 Å². The second-order valence-electron chi connectivity index (χ2n) is 7.00. The summed E-state index contributed by atoms with van der Waals surface area (Å²) < 4.78 is 0. The van der Waals surface area contributed by atoms with E-state index in [9.17, 15) is 4.79 Å². The Kier molecular flexibility index (Phi) is 9.80. The second-order valence-corrected chi connectivity index (χ2v) is 7.00. The number of rotatable bonds is 5. The Labute approximate surface area is 144 Å². The fourth-order valence-corrected chi connectivity index (χ4v) is 3.57. The zero-order chi connectivity index (χ0) is 17.2. The van der Waals surface area contributed by atoms with Gasteiger partial charge < -0.3 is 9.80 Å². The van der Waals surface area contributed by atoms with Gasteiger partial charge >= 0.3 is 0 Å². The highest BCUT2D eigenvalue weighted by atomic mass is 16.2. The zero-order valence-electron chi connectivity index (χ0n) is 16.2. The number of piperidine rings is 1. The SMILES string of the molecule is CC.CCCC(=O)N1CCN(CC2CCN(C(C)C)CC2)CC1. The Morgan fingerprint density at radius 1 is 1.00 bits per heavy atom. The molecule has 0 radical (unpaired) electrons. The highest BCUT2D eigenvalue weighted by Crippen LogP contribution is 2.20. The second kappa shape index (κ2) is 11.0. The van der Waals surface area contributed by atoms with Gasteiger partial charge in [0.1, 0.15) is 0 Å². The highest BCUT2D eigenvalue weighted by Gasteiger charge is 2.25. The summed E-state index contributed by atoms with van der Waals surface area (Å²) in [6.07, 6.45) is 4.36. The Morgan fingerprint density at radius 3 is 2.04 bits per heavy atom. The fraction of sp³-hybridized carbons (Fsp3) is 0.947. The molecule has 2 fully saturated rings. The van der Waals surface area contributed by atoms with E-state index in [2.05, 4.69) is 35.5 Å². The summed E-state index contributed by atoms with van der Waals surface area (Å²) in [7, 11) is 0. The van der Waals surface area contributed by atoms with E-state index >= 15 is 0 Å². The first kappa shape index (κ1) is 20.4. The number of piperazine rings is 1. The molecule has 1 amide bonds. The average molecular weight is 326 g/mol. The van der Waals surface area contributed by atoms with Crippen molar-refractivity contribution in [2.75, 3.05) is 45.8 Å². The predicted molar refractivity (Wildman–Crippen MR) is 98.7 cm³/mol. The molecule has 4 heteroatoms. The summed E-state index contributed by atoms with van der Waals surface area (Å²) >= 11 is 0. The normalized spacial score (nSPS) is 21.2. The molecule has 0 N–H and O–H groups in total. The van der Waals surface area contributed by atoms with Gasteiger partial charge in [-0.25, -0.2) is 0 Å². The molecule has 0 spiro atoms. The smallest absolute Gasteiger partial charge is 0.222 e. The van der Waals surface area contributed by atoms with E-state index in [0.29, 0.717) is 18.4 Å². The number of nitrogens with zero attached hydrogens (tertiary/aromatic N) is 3. The van der Waals surface area contributed by atoms with Gasteiger partial charge in [-0.15, -0.1) is 0 Å². The highest BCUT2D eigenvalue weighted by molar-refractivity contribution is 5.76. The van der Waals surface area contributed by atoms with Crippen LogP contribution in [0.1, 0.15) is 60.3 Å². The minimum Gasteiger partial charge on any atom is -0.340 e. The zero-order valence-corrected chi connectivity index (χ0v) is 16.2. The first-order valence-corrected chi connectivity index (χ1v) is 9.84. The van der Waals surface area contributed by atoms with Crippen LogP contribution in [0.3, 0.4) is 0 Å². The van der Waals surface area contributed by atoms with Crippen LogP contribution >= 0.6 is 0 Å². The van der Waals surface area contributed by atoms with Crippen molar-refractivity contribution in [2.24, 2.45) is 5.92 Å². The van der Waals surface area contributed by atoms with Crippen LogP contribution in [-0.2, 0) is 4.79 Å². The third-order valence-electron chi connectivity index (χ3n) is 5.08. The molecule has 0 aromatic heterocycles. The van der Waals surface area contributed by atoms with E-state index in [1.54, 1.807) is 0 Å². The van der Waals surface area contributed by atoms with Gasteiger partial charge in [0.15, 0.2) is 0 Å². The molecule has 2 aliphatic rings. The van der Waals surface area contributed by atoms with E-state index < -0.39 is 0 Å². The molecule has 4 nitrogen and oxygen atoms in total. The lowest BCUT2D eigenvalue weighted by molar-refractivity contribution is -0.133. The summed E-state index contributed by atoms with van der Waals surface area (Å²) in [5.41, 5.74) is 0. The molecule has 2 rings (SSSR count). The van der Waals surface area contributed by atoms with Crippen molar-refractivity contribution in [2.45, 2.75) is 66.3 Å². The molecule has 23 heavy (non-hydrogen) atoms. The molecule has 0 atom stereocenters. The van der Waals surface area contributed by atoms with Gasteiger partial charge in [-0.1, -0.05) is 20.8 Å². The summed E-state index contributed by atoms with van der Waals surface area (Å²) in [5, 5.41) is 0. The Bertz CT molecular complexity index is 317. The van der Waals surface area contributed by atoms with Crippen LogP contribution in [0.2, 0.25) is 0 Å². The molecular formula is C19H39N3O. The van der Waals surface area contributed by atoms with Gasteiger partial charge in [0.25, 0.3) is 0 Å². The van der Waals surface area contributed by atoms with Crippen LogP contribution in [0.15, 0.2) is 0 Å². The summed E-state index contributed by atoms with van der Waals surface area (Å²) in [6.45, 7) is 18.4. The lowest BCUT2D eigenvalue weighted by atomic mass is 9.95. The van der Waals surface area contributed by atoms with Crippen LogP contribution in [0.25, 0.3) is 0 Å². The number of carbonyl (C=O) groups is 1. The number of carbonyl (C=O) groups excluding carboxylic acids is 1. The van der Waals surface area contributed by atoms with E-state index in [0.717, 1.165) is 38.5 Å². The topological polar surface area (TPSA) is 26.8 Å². The molecule has 0 saturated carbocycles. The largest absolute Gasteiger partial charge is 0.340 e. The van der Waals surface area contributed by atoms with Gasteiger partial charge in [0.2, 0.25) is 5.91 Å². The van der Waals surface area contributed by atoms with Crippen molar-refractivity contribution in [3.05, 3.63) is 0 Å². The monoisotopic (exact) mass is 325 g/mol. The van der Waals surface area contributed by atoms with Crippen molar-refractivity contribution >= 4 is 5.91 Å². The third kappa shape index (κ3) is 6.80. The third-order valence-corrected chi connectivity index (χ3v) is 5.08. The predicted octanol–water partition coefficient (Wildman–Crippen LogP) is 3.08. The van der Waals surface area contributed by atoms with E-state index in [-0.39, 0.29) is 0 Å². The molecule has 0 aromatic rings. The minimum atomic E-state index is 0.349. The first-order valence-electron chi connectivity index (χ1n) is 9.84. The molecular weight excluding hydrogens is 286 g/mol. The summed E-state index contributed by atoms with van der Waals surface area (Å²) in [4.78, 5) is 19.1. The van der Waals surface area contributed by atoms with Gasteiger partial charge in [0, 0.05) is 45.2 Å². The van der Waals surface area contributed by atoms with Crippen molar-refractivity contribution in [1.29, 1.82) is 0 Å². The maximum atomic E-state index is 11.9. The van der Waals surface area contributed by atoms with Crippen molar-refractivity contribution < 1.29 is 4.79 Å². The van der Waals surface area contributed by atoms with E-state index in [1.807, 2.05) is 13.8 Å². The number of hydrogen-bond donors (Lipinski definition) is 0. The maximum Gasteiger partial charge on any atom is 0.222 e. The van der Waals surface area contributed by atoms with E-state index in [1.165, 1.54) is 32.5 Å².